The van der Waals surface area contributed by atoms with Crippen LogP contribution < -0.4 is 5.32 Å². The van der Waals surface area contributed by atoms with Crippen LogP contribution in [-0.4, -0.2) is 42.5 Å². The van der Waals surface area contributed by atoms with Crippen LogP contribution in [0.4, 0.5) is 11.6 Å². The molecule has 0 amide bonds. The molecule has 1 N–H and O–H groups in total. The normalized spacial score (nSPS) is 18.0. The van der Waals surface area contributed by atoms with Gasteiger partial charge < -0.3 is 9.88 Å². The van der Waals surface area contributed by atoms with Crippen LogP contribution >= 0.6 is 0 Å². The summed E-state index contributed by atoms with van der Waals surface area (Å²) >= 11 is 0. The summed E-state index contributed by atoms with van der Waals surface area (Å²) in [5.41, 5.74) is 2.45. The van der Waals surface area contributed by atoms with Gasteiger partial charge in [0.2, 0.25) is 0 Å². The van der Waals surface area contributed by atoms with Crippen molar-refractivity contribution in [2.75, 3.05) is 18.4 Å². The number of piperidine rings is 1. The third-order valence-corrected chi connectivity index (χ3v) is 4.72. The SMILES string of the molecule is Cn1cnc(CN2CCCC(c3ccnc(Nc4cnccn4)c3)C2)c1. The number of rotatable bonds is 5. The Morgan fingerprint density at radius 2 is 2.08 bits per heavy atom. The molecule has 0 bridgehead atoms. The van der Waals surface area contributed by atoms with Gasteiger partial charge in [0.05, 0.1) is 18.2 Å². The van der Waals surface area contributed by atoms with Gasteiger partial charge in [0.25, 0.3) is 0 Å². The number of hydrogen-bond donors (Lipinski definition) is 1. The third-order valence-electron chi connectivity index (χ3n) is 4.72. The van der Waals surface area contributed by atoms with Crippen LogP contribution in [0.25, 0.3) is 0 Å². The molecule has 4 heterocycles. The van der Waals surface area contributed by atoms with Gasteiger partial charge in [-0.1, -0.05) is 0 Å². The van der Waals surface area contributed by atoms with E-state index in [-0.39, 0.29) is 0 Å². The lowest BCUT2D eigenvalue weighted by molar-refractivity contribution is 0.198. The highest BCUT2D eigenvalue weighted by molar-refractivity contribution is 5.51. The number of anilines is 2. The van der Waals surface area contributed by atoms with Crippen LogP contribution in [0.2, 0.25) is 0 Å². The molecule has 0 saturated carbocycles. The number of pyridine rings is 1. The quantitative estimate of drug-likeness (QED) is 0.764. The number of nitrogens with one attached hydrogen (secondary N) is 1. The maximum Gasteiger partial charge on any atom is 0.150 e. The molecule has 134 valence electrons. The van der Waals surface area contributed by atoms with Gasteiger partial charge in [-0.15, -0.1) is 0 Å². The lowest BCUT2D eigenvalue weighted by Gasteiger charge is -2.32. The predicted molar refractivity (Wildman–Crippen MR) is 100 cm³/mol. The molecule has 1 aliphatic rings. The highest BCUT2D eigenvalue weighted by Crippen LogP contribution is 2.28. The maximum absolute atomic E-state index is 4.46. The first-order valence-corrected chi connectivity index (χ1v) is 8.94. The summed E-state index contributed by atoms with van der Waals surface area (Å²) < 4.78 is 2.00. The number of aryl methyl sites for hydroxylation is 1. The van der Waals surface area contributed by atoms with E-state index in [1.807, 2.05) is 24.1 Å². The maximum atomic E-state index is 4.46. The second-order valence-corrected chi connectivity index (χ2v) is 6.79. The molecule has 0 aliphatic carbocycles. The van der Waals surface area contributed by atoms with Crippen LogP contribution in [0, 0.1) is 0 Å². The smallest absolute Gasteiger partial charge is 0.150 e. The second kappa shape index (κ2) is 7.61. The van der Waals surface area contributed by atoms with Crippen molar-refractivity contribution in [3.63, 3.8) is 0 Å². The first-order valence-electron chi connectivity index (χ1n) is 8.94. The van der Waals surface area contributed by atoms with Crippen LogP contribution in [-0.2, 0) is 13.6 Å². The zero-order chi connectivity index (χ0) is 17.8. The monoisotopic (exact) mass is 349 g/mol. The van der Waals surface area contributed by atoms with E-state index in [1.165, 1.54) is 18.4 Å². The Morgan fingerprint density at radius 1 is 1.15 bits per heavy atom. The first kappa shape index (κ1) is 16.7. The number of likely N-dealkylation sites (tertiary alicyclic amines) is 1. The predicted octanol–water partition coefficient (Wildman–Crippen LogP) is 2.73. The Bertz CT molecular complexity index is 846. The molecule has 3 aromatic heterocycles. The Labute approximate surface area is 153 Å². The standard InChI is InChI=1S/C19H23N7/c1-25-12-17(23-14-25)13-26-8-2-3-16(11-26)15-4-5-21-18(9-15)24-19-10-20-6-7-22-19/h4-7,9-10,12,14,16H,2-3,8,11,13H2,1H3,(H,21,22,24). The number of aromatic nitrogens is 5. The number of hydrogen-bond acceptors (Lipinski definition) is 6. The fourth-order valence-electron chi connectivity index (χ4n) is 3.51. The van der Waals surface area contributed by atoms with Gasteiger partial charge in [0.15, 0.2) is 0 Å². The van der Waals surface area contributed by atoms with E-state index in [0.29, 0.717) is 11.7 Å². The van der Waals surface area contributed by atoms with Crippen LogP contribution in [0.5, 0.6) is 0 Å². The molecule has 3 aromatic rings. The van der Waals surface area contributed by atoms with Crippen molar-refractivity contribution >= 4 is 11.6 Å². The van der Waals surface area contributed by atoms with E-state index in [0.717, 1.165) is 31.1 Å². The highest BCUT2D eigenvalue weighted by atomic mass is 15.1. The molecule has 1 fully saturated rings. The average molecular weight is 349 g/mol. The van der Waals surface area contributed by atoms with E-state index in [9.17, 15) is 0 Å². The third kappa shape index (κ3) is 4.05. The van der Waals surface area contributed by atoms with E-state index in [1.54, 1.807) is 18.6 Å². The minimum absolute atomic E-state index is 0.512. The highest BCUT2D eigenvalue weighted by Gasteiger charge is 2.22. The summed E-state index contributed by atoms with van der Waals surface area (Å²) in [6.07, 6.45) is 13.3. The fraction of sp³-hybridized carbons (Fsp3) is 0.368. The van der Waals surface area contributed by atoms with Gasteiger partial charge in [0, 0.05) is 44.9 Å². The van der Waals surface area contributed by atoms with Crippen LogP contribution in [0.15, 0.2) is 49.4 Å². The second-order valence-electron chi connectivity index (χ2n) is 6.79. The molecule has 0 spiro atoms. The van der Waals surface area contributed by atoms with E-state index in [2.05, 4.69) is 48.5 Å². The van der Waals surface area contributed by atoms with Crippen LogP contribution in [0.1, 0.15) is 30.0 Å². The molecular weight excluding hydrogens is 326 g/mol. The Kier molecular flexibility index (Phi) is 4.88. The van der Waals surface area contributed by atoms with Crippen molar-refractivity contribution in [1.82, 2.24) is 29.4 Å². The lowest BCUT2D eigenvalue weighted by Crippen LogP contribution is -2.34. The number of nitrogens with zero attached hydrogens (tertiary/aromatic N) is 6. The minimum atomic E-state index is 0.512. The molecule has 1 saturated heterocycles. The van der Waals surface area contributed by atoms with Gasteiger partial charge in [-0.25, -0.2) is 15.0 Å². The van der Waals surface area contributed by atoms with Gasteiger partial charge >= 0.3 is 0 Å². The van der Waals surface area contributed by atoms with Crippen molar-refractivity contribution in [3.05, 3.63) is 60.7 Å². The summed E-state index contributed by atoms with van der Waals surface area (Å²) in [5.74, 6) is 2.03. The Balaban J connectivity index is 1.44. The summed E-state index contributed by atoms with van der Waals surface area (Å²) in [7, 11) is 2.01. The average Bonchev–Trinajstić information content (AvgIpc) is 3.08. The van der Waals surface area contributed by atoms with Crippen LogP contribution in [0.3, 0.4) is 0 Å². The van der Waals surface area contributed by atoms with E-state index in [4.69, 9.17) is 0 Å². The van der Waals surface area contributed by atoms with E-state index < -0.39 is 0 Å². The molecule has 1 unspecified atom stereocenters. The largest absolute Gasteiger partial charge is 0.340 e. The van der Waals surface area contributed by atoms with Gasteiger partial charge in [-0.2, -0.15) is 0 Å². The zero-order valence-corrected chi connectivity index (χ0v) is 14.9. The molecule has 0 radical (unpaired) electrons. The Morgan fingerprint density at radius 3 is 2.88 bits per heavy atom. The van der Waals surface area contributed by atoms with Gasteiger partial charge in [0.1, 0.15) is 11.6 Å². The molecule has 1 atom stereocenters. The molecule has 7 nitrogen and oxygen atoms in total. The molecule has 7 heteroatoms. The molecule has 1 aliphatic heterocycles. The summed E-state index contributed by atoms with van der Waals surface area (Å²) in [6.45, 7) is 3.08. The van der Waals surface area contributed by atoms with Crippen molar-refractivity contribution in [3.8, 4) is 0 Å². The van der Waals surface area contributed by atoms with Crippen molar-refractivity contribution in [1.29, 1.82) is 0 Å². The van der Waals surface area contributed by atoms with Crippen molar-refractivity contribution in [2.24, 2.45) is 7.05 Å². The summed E-state index contributed by atoms with van der Waals surface area (Å²) in [4.78, 5) is 19.7. The van der Waals surface area contributed by atoms with Crippen molar-refractivity contribution in [2.45, 2.75) is 25.3 Å². The van der Waals surface area contributed by atoms with Crippen molar-refractivity contribution < 1.29 is 0 Å². The first-order chi connectivity index (χ1) is 12.8. The summed E-state index contributed by atoms with van der Waals surface area (Å²) in [6, 6.07) is 4.25. The Hall–Kier alpha value is -2.80. The number of imidazole rings is 1. The van der Waals surface area contributed by atoms with Gasteiger partial charge in [-0.3, -0.25) is 9.88 Å². The fourth-order valence-corrected chi connectivity index (χ4v) is 3.51. The minimum Gasteiger partial charge on any atom is -0.340 e. The molecule has 26 heavy (non-hydrogen) atoms. The zero-order valence-electron chi connectivity index (χ0n) is 14.9. The molecular formula is C19H23N7. The van der Waals surface area contributed by atoms with E-state index >= 15 is 0 Å². The molecule has 0 aromatic carbocycles. The van der Waals surface area contributed by atoms with Gasteiger partial charge in [-0.05, 0) is 43.0 Å². The molecule has 4 rings (SSSR count). The lowest BCUT2D eigenvalue weighted by atomic mass is 9.91. The summed E-state index contributed by atoms with van der Waals surface area (Å²) in [5, 5.41) is 3.23. The topological polar surface area (TPSA) is 71.8 Å².